The zero-order chi connectivity index (χ0) is 20.1. The number of para-hydroxylation sites is 1. The van der Waals surface area contributed by atoms with E-state index in [2.05, 4.69) is 32.6 Å². The van der Waals surface area contributed by atoms with Crippen LogP contribution in [0.1, 0.15) is 50.5 Å². The van der Waals surface area contributed by atoms with Gasteiger partial charge in [0.25, 0.3) is 0 Å². The molecule has 0 aliphatic heterocycles. The predicted octanol–water partition coefficient (Wildman–Crippen LogP) is 3.97. The van der Waals surface area contributed by atoms with E-state index in [1.807, 2.05) is 25.1 Å². The summed E-state index contributed by atoms with van der Waals surface area (Å²) in [5.74, 6) is 0.451. The fourth-order valence-corrected chi connectivity index (χ4v) is 3.20. The highest BCUT2D eigenvalue weighted by atomic mass is 16.5. The maximum absolute atomic E-state index is 13.0. The summed E-state index contributed by atoms with van der Waals surface area (Å²) in [6, 6.07) is 13.1. The van der Waals surface area contributed by atoms with E-state index in [4.69, 9.17) is 16.2 Å². The van der Waals surface area contributed by atoms with Crippen molar-refractivity contribution in [3.05, 3.63) is 53.6 Å². The SMILES string of the molecule is CC(CN(C(C)C)C(C)C)Oc1ccccc1C(=O)c1ccc(N)c(N)c1. The number of ketones is 1. The number of carbonyl (C=O) groups excluding carboxylic acids is 1. The topological polar surface area (TPSA) is 81.6 Å². The first kappa shape index (κ1) is 20.8. The highest BCUT2D eigenvalue weighted by molar-refractivity contribution is 6.11. The highest BCUT2D eigenvalue weighted by Crippen LogP contribution is 2.25. The maximum Gasteiger partial charge on any atom is 0.196 e. The molecule has 2 rings (SSSR count). The molecule has 0 saturated heterocycles. The molecule has 1 atom stereocenters. The van der Waals surface area contributed by atoms with Crippen molar-refractivity contribution in [3.63, 3.8) is 0 Å². The van der Waals surface area contributed by atoms with Crippen LogP contribution in [0.2, 0.25) is 0 Å². The summed E-state index contributed by atoms with van der Waals surface area (Å²) in [5.41, 5.74) is 13.5. The largest absolute Gasteiger partial charge is 0.489 e. The van der Waals surface area contributed by atoms with Gasteiger partial charge in [-0.2, -0.15) is 0 Å². The Labute approximate surface area is 162 Å². The van der Waals surface area contributed by atoms with Gasteiger partial charge >= 0.3 is 0 Å². The minimum atomic E-state index is -0.130. The van der Waals surface area contributed by atoms with E-state index >= 15 is 0 Å². The van der Waals surface area contributed by atoms with Gasteiger partial charge in [0.05, 0.1) is 16.9 Å². The number of nitrogen functional groups attached to an aromatic ring is 2. The molecule has 0 spiro atoms. The van der Waals surface area contributed by atoms with E-state index in [0.29, 0.717) is 40.3 Å². The molecule has 0 aromatic heterocycles. The molecule has 0 fully saturated rings. The molecule has 0 saturated carbocycles. The Kier molecular flexibility index (Phi) is 6.86. The van der Waals surface area contributed by atoms with Crippen molar-refractivity contribution in [2.24, 2.45) is 0 Å². The zero-order valence-corrected chi connectivity index (χ0v) is 16.9. The first-order valence-electron chi connectivity index (χ1n) is 9.41. The average Bonchev–Trinajstić information content (AvgIpc) is 2.61. The maximum atomic E-state index is 13.0. The molecule has 27 heavy (non-hydrogen) atoms. The van der Waals surface area contributed by atoms with Crippen LogP contribution in [0.4, 0.5) is 11.4 Å². The third-order valence-corrected chi connectivity index (χ3v) is 4.60. The van der Waals surface area contributed by atoms with Gasteiger partial charge in [-0.05, 0) is 65.0 Å². The average molecular weight is 370 g/mol. The van der Waals surface area contributed by atoms with Crippen LogP contribution in [0, 0.1) is 0 Å². The molecular formula is C22H31N3O2. The van der Waals surface area contributed by atoms with Gasteiger partial charge in [-0.3, -0.25) is 9.69 Å². The van der Waals surface area contributed by atoms with Crippen LogP contribution in [0.25, 0.3) is 0 Å². The van der Waals surface area contributed by atoms with Crippen LogP contribution in [0.15, 0.2) is 42.5 Å². The normalized spacial score (nSPS) is 12.6. The standard InChI is InChI=1S/C22H31N3O2/c1-14(2)25(15(3)4)13-16(5)27-21-9-7-6-8-18(21)22(26)17-10-11-19(23)20(24)12-17/h6-12,14-16H,13,23-24H2,1-5H3. The highest BCUT2D eigenvalue weighted by Gasteiger charge is 2.20. The summed E-state index contributed by atoms with van der Waals surface area (Å²) in [5, 5.41) is 0. The summed E-state index contributed by atoms with van der Waals surface area (Å²) in [6.07, 6.45) is -0.0553. The first-order valence-corrected chi connectivity index (χ1v) is 9.41. The molecule has 2 aromatic carbocycles. The summed E-state index contributed by atoms with van der Waals surface area (Å²) < 4.78 is 6.15. The lowest BCUT2D eigenvalue weighted by Crippen LogP contribution is -2.43. The van der Waals surface area contributed by atoms with Crippen LogP contribution in [-0.4, -0.2) is 35.4 Å². The lowest BCUT2D eigenvalue weighted by Gasteiger charge is -2.33. The molecule has 1 unspecified atom stereocenters. The molecule has 5 heteroatoms. The van der Waals surface area contributed by atoms with Gasteiger partial charge in [-0.15, -0.1) is 0 Å². The first-order chi connectivity index (χ1) is 12.7. The molecule has 2 aromatic rings. The minimum absolute atomic E-state index is 0.0553. The third-order valence-electron chi connectivity index (χ3n) is 4.60. The number of benzene rings is 2. The van der Waals surface area contributed by atoms with E-state index in [1.165, 1.54) is 0 Å². The van der Waals surface area contributed by atoms with E-state index in [9.17, 15) is 4.79 Å². The summed E-state index contributed by atoms with van der Waals surface area (Å²) in [7, 11) is 0. The van der Waals surface area contributed by atoms with Crippen LogP contribution in [0.5, 0.6) is 5.75 Å². The molecule has 0 radical (unpaired) electrons. The fourth-order valence-electron chi connectivity index (χ4n) is 3.20. The minimum Gasteiger partial charge on any atom is -0.489 e. The lowest BCUT2D eigenvalue weighted by molar-refractivity contribution is 0.0954. The van der Waals surface area contributed by atoms with Crippen molar-refractivity contribution in [2.75, 3.05) is 18.0 Å². The summed E-state index contributed by atoms with van der Waals surface area (Å²) in [4.78, 5) is 15.3. The number of hydrogen-bond acceptors (Lipinski definition) is 5. The Morgan fingerprint density at radius 2 is 1.59 bits per heavy atom. The summed E-state index contributed by atoms with van der Waals surface area (Å²) in [6.45, 7) is 11.5. The quantitative estimate of drug-likeness (QED) is 0.543. The Hall–Kier alpha value is -2.53. The van der Waals surface area contributed by atoms with E-state index in [0.717, 1.165) is 6.54 Å². The fraction of sp³-hybridized carbons (Fsp3) is 0.409. The van der Waals surface area contributed by atoms with Crippen molar-refractivity contribution in [3.8, 4) is 5.75 Å². The lowest BCUT2D eigenvalue weighted by atomic mass is 10.0. The van der Waals surface area contributed by atoms with Gasteiger partial charge in [-0.25, -0.2) is 0 Å². The second-order valence-electron chi connectivity index (χ2n) is 7.48. The Morgan fingerprint density at radius 1 is 0.963 bits per heavy atom. The predicted molar refractivity (Wildman–Crippen MR) is 112 cm³/mol. The van der Waals surface area contributed by atoms with E-state index in [-0.39, 0.29) is 11.9 Å². The van der Waals surface area contributed by atoms with Gasteiger partial charge in [-0.1, -0.05) is 12.1 Å². The Bertz CT molecular complexity index is 779. The van der Waals surface area contributed by atoms with E-state index < -0.39 is 0 Å². The number of nitrogens with two attached hydrogens (primary N) is 2. The van der Waals surface area contributed by atoms with Crippen LogP contribution in [-0.2, 0) is 0 Å². The Balaban J connectivity index is 2.22. The zero-order valence-electron chi connectivity index (χ0n) is 16.9. The van der Waals surface area contributed by atoms with Gasteiger partial charge in [0.15, 0.2) is 5.78 Å². The molecule has 0 heterocycles. The number of carbonyl (C=O) groups is 1. The van der Waals surface area contributed by atoms with Crippen molar-refractivity contribution in [1.82, 2.24) is 4.90 Å². The van der Waals surface area contributed by atoms with Crippen LogP contribution in [0.3, 0.4) is 0 Å². The number of hydrogen-bond donors (Lipinski definition) is 2. The number of ether oxygens (including phenoxy) is 1. The van der Waals surface area contributed by atoms with E-state index in [1.54, 1.807) is 24.3 Å². The second kappa shape index (κ2) is 8.91. The van der Waals surface area contributed by atoms with Crippen molar-refractivity contribution in [2.45, 2.75) is 52.8 Å². The molecule has 5 nitrogen and oxygen atoms in total. The molecule has 0 bridgehead atoms. The molecule has 0 aliphatic carbocycles. The van der Waals surface area contributed by atoms with Gasteiger partial charge in [0.1, 0.15) is 11.9 Å². The smallest absolute Gasteiger partial charge is 0.196 e. The molecule has 0 amide bonds. The van der Waals surface area contributed by atoms with Gasteiger partial charge in [0.2, 0.25) is 0 Å². The molecule has 4 N–H and O–H groups in total. The van der Waals surface area contributed by atoms with Crippen molar-refractivity contribution >= 4 is 17.2 Å². The molecule has 0 aliphatic rings. The van der Waals surface area contributed by atoms with Crippen LogP contribution < -0.4 is 16.2 Å². The number of anilines is 2. The molecular weight excluding hydrogens is 338 g/mol. The number of rotatable bonds is 8. The number of nitrogens with zero attached hydrogens (tertiary/aromatic N) is 1. The van der Waals surface area contributed by atoms with Crippen molar-refractivity contribution in [1.29, 1.82) is 0 Å². The van der Waals surface area contributed by atoms with Gasteiger partial charge in [0, 0.05) is 24.2 Å². The Morgan fingerprint density at radius 3 is 2.19 bits per heavy atom. The van der Waals surface area contributed by atoms with Gasteiger partial charge < -0.3 is 16.2 Å². The summed E-state index contributed by atoms with van der Waals surface area (Å²) >= 11 is 0. The molecule has 146 valence electrons. The second-order valence-corrected chi connectivity index (χ2v) is 7.48. The monoisotopic (exact) mass is 369 g/mol. The third kappa shape index (κ3) is 5.23. The van der Waals surface area contributed by atoms with Crippen LogP contribution >= 0.6 is 0 Å². The van der Waals surface area contributed by atoms with Crippen molar-refractivity contribution < 1.29 is 9.53 Å².